The molecule has 0 aliphatic rings. The van der Waals surface area contributed by atoms with Crippen LogP contribution in [0.15, 0.2) is 24.3 Å². The second kappa shape index (κ2) is 7.78. The van der Waals surface area contributed by atoms with E-state index in [0.717, 1.165) is 0 Å². The zero-order chi connectivity index (χ0) is 16.8. The van der Waals surface area contributed by atoms with E-state index in [2.05, 4.69) is 15.3 Å². The van der Waals surface area contributed by atoms with E-state index >= 15 is 0 Å². The maximum Gasteiger partial charge on any atom is 0.316 e. The van der Waals surface area contributed by atoms with E-state index in [1.165, 1.54) is 0 Å². The van der Waals surface area contributed by atoms with Crippen LogP contribution >= 0.6 is 11.6 Å². The van der Waals surface area contributed by atoms with Gasteiger partial charge < -0.3 is 14.8 Å². The predicted molar refractivity (Wildman–Crippen MR) is 88.3 cm³/mol. The lowest BCUT2D eigenvalue weighted by molar-refractivity contribution is -0.118. The molecule has 0 radical (unpaired) electrons. The molecule has 0 unspecified atom stereocenters. The molecule has 0 spiro atoms. The molecule has 0 bridgehead atoms. The molecule has 0 saturated carbocycles. The molecular weight excluding hydrogens is 318 g/mol. The van der Waals surface area contributed by atoms with E-state index < -0.39 is 0 Å². The molecule has 23 heavy (non-hydrogen) atoms. The molecule has 1 aromatic heterocycles. The van der Waals surface area contributed by atoms with Crippen molar-refractivity contribution < 1.29 is 14.3 Å². The molecule has 1 aromatic carbocycles. The third-order valence-electron chi connectivity index (χ3n) is 2.97. The topological polar surface area (TPSA) is 73.3 Å². The standard InChI is InChI=1S/C16H18ClN3O3/c1-4-22-16-18-10(2)15(11(3)19-16)20-14(21)9-23-13-7-5-12(17)6-8-13/h5-8H,4,9H2,1-3H3,(H,20,21). The average molecular weight is 336 g/mol. The Morgan fingerprint density at radius 1 is 1.13 bits per heavy atom. The lowest BCUT2D eigenvalue weighted by atomic mass is 10.3. The van der Waals surface area contributed by atoms with Gasteiger partial charge in [0, 0.05) is 5.02 Å². The molecule has 6 nitrogen and oxygen atoms in total. The Hall–Kier alpha value is -2.34. The molecule has 1 amide bonds. The first-order chi connectivity index (χ1) is 11.0. The number of benzene rings is 1. The lowest BCUT2D eigenvalue weighted by Gasteiger charge is -2.12. The van der Waals surface area contributed by atoms with Crippen LogP contribution in [0, 0.1) is 13.8 Å². The number of amides is 1. The molecule has 1 N–H and O–H groups in total. The van der Waals surface area contributed by atoms with Gasteiger partial charge in [-0.05, 0) is 45.0 Å². The van der Waals surface area contributed by atoms with Crippen molar-refractivity contribution in [2.24, 2.45) is 0 Å². The number of carbonyl (C=O) groups is 1. The Bertz CT molecular complexity index is 666. The van der Waals surface area contributed by atoms with Crippen molar-refractivity contribution in [3.63, 3.8) is 0 Å². The van der Waals surface area contributed by atoms with Crippen molar-refractivity contribution in [2.45, 2.75) is 20.8 Å². The van der Waals surface area contributed by atoms with Gasteiger partial charge in [0.25, 0.3) is 5.91 Å². The number of hydrogen-bond donors (Lipinski definition) is 1. The number of aromatic nitrogens is 2. The first-order valence-corrected chi connectivity index (χ1v) is 7.53. The predicted octanol–water partition coefficient (Wildman–Crippen LogP) is 3.16. The number of rotatable bonds is 6. The van der Waals surface area contributed by atoms with Crippen molar-refractivity contribution in [1.82, 2.24) is 9.97 Å². The van der Waals surface area contributed by atoms with Crippen LogP contribution in [0.2, 0.25) is 5.02 Å². The summed E-state index contributed by atoms with van der Waals surface area (Å²) in [7, 11) is 0. The van der Waals surface area contributed by atoms with Crippen LogP contribution in [-0.2, 0) is 4.79 Å². The summed E-state index contributed by atoms with van der Waals surface area (Å²) in [4.78, 5) is 20.4. The summed E-state index contributed by atoms with van der Waals surface area (Å²) in [5.74, 6) is 0.278. The highest BCUT2D eigenvalue weighted by molar-refractivity contribution is 6.30. The monoisotopic (exact) mass is 335 g/mol. The number of carbonyl (C=O) groups excluding carboxylic acids is 1. The number of nitrogens with zero attached hydrogens (tertiary/aromatic N) is 2. The zero-order valence-corrected chi connectivity index (χ0v) is 14.0. The number of nitrogens with one attached hydrogen (secondary N) is 1. The Balaban J connectivity index is 1.98. The summed E-state index contributed by atoms with van der Waals surface area (Å²) < 4.78 is 10.7. The lowest BCUT2D eigenvalue weighted by Crippen LogP contribution is -2.22. The van der Waals surface area contributed by atoms with E-state index in [0.29, 0.717) is 40.5 Å². The van der Waals surface area contributed by atoms with Crippen LogP contribution in [0.5, 0.6) is 11.8 Å². The SMILES string of the molecule is CCOc1nc(C)c(NC(=O)COc2ccc(Cl)cc2)c(C)n1. The summed E-state index contributed by atoms with van der Waals surface area (Å²) in [6.45, 7) is 5.80. The van der Waals surface area contributed by atoms with Crippen LogP contribution in [0.25, 0.3) is 0 Å². The first kappa shape index (κ1) is 17.0. The Labute approximate surface area is 139 Å². The van der Waals surface area contributed by atoms with Crippen LogP contribution < -0.4 is 14.8 Å². The summed E-state index contributed by atoms with van der Waals surface area (Å²) in [6, 6.07) is 7.10. The van der Waals surface area contributed by atoms with Crippen LogP contribution in [0.3, 0.4) is 0 Å². The van der Waals surface area contributed by atoms with Gasteiger partial charge in [-0.1, -0.05) is 11.6 Å². The van der Waals surface area contributed by atoms with E-state index in [4.69, 9.17) is 21.1 Å². The van der Waals surface area contributed by atoms with Gasteiger partial charge in [-0.25, -0.2) is 0 Å². The van der Waals surface area contributed by atoms with E-state index in [1.807, 2.05) is 6.92 Å². The molecule has 1 heterocycles. The van der Waals surface area contributed by atoms with Gasteiger partial charge in [-0.15, -0.1) is 0 Å². The van der Waals surface area contributed by atoms with E-state index in [-0.39, 0.29) is 12.5 Å². The quantitative estimate of drug-likeness (QED) is 0.877. The molecule has 0 aliphatic heterocycles. The smallest absolute Gasteiger partial charge is 0.316 e. The fourth-order valence-corrected chi connectivity index (χ4v) is 2.04. The minimum Gasteiger partial charge on any atom is -0.484 e. The fraction of sp³-hybridized carbons (Fsp3) is 0.312. The Kier molecular flexibility index (Phi) is 5.76. The van der Waals surface area contributed by atoms with Gasteiger partial charge in [-0.3, -0.25) is 4.79 Å². The van der Waals surface area contributed by atoms with E-state index in [9.17, 15) is 4.79 Å². The summed E-state index contributed by atoms with van der Waals surface area (Å²) in [5.41, 5.74) is 1.85. The normalized spacial score (nSPS) is 10.3. The molecule has 7 heteroatoms. The third kappa shape index (κ3) is 4.82. The number of aryl methyl sites for hydroxylation is 2. The van der Waals surface area contributed by atoms with Crippen LogP contribution in [0.1, 0.15) is 18.3 Å². The van der Waals surface area contributed by atoms with Gasteiger partial charge in [0.05, 0.1) is 23.7 Å². The highest BCUT2D eigenvalue weighted by Crippen LogP contribution is 2.20. The van der Waals surface area contributed by atoms with Crippen molar-refractivity contribution in [3.05, 3.63) is 40.7 Å². The Morgan fingerprint density at radius 3 is 2.30 bits per heavy atom. The zero-order valence-electron chi connectivity index (χ0n) is 13.2. The van der Waals surface area contributed by atoms with Gasteiger partial charge in [0.2, 0.25) is 0 Å². The van der Waals surface area contributed by atoms with Crippen LogP contribution in [0.4, 0.5) is 5.69 Å². The number of ether oxygens (including phenoxy) is 2. The second-order valence-corrected chi connectivity index (χ2v) is 5.21. The van der Waals surface area contributed by atoms with Crippen molar-refractivity contribution >= 4 is 23.2 Å². The van der Waals surface area contributed by atoms with Gasteiger partial charge in [-0.2, -0.15) is 9.97 Å². The Morgan fingerprint density at radius 2 is 1.74 bits per heavy atom. The highest BCUT2D eigenvalue weighted by Gasteiger charge is 2.12. The molecule has 122 valence electrons. The number of hydrogen-bond acceptors (Lipinski definition) is 5. The van der Waals surface area contributed by atoms with Gasteiger partial charge in [0.15, 0.2) is 6.61 Å². The number of halogens is 1. The summed E-state index contributed by atoms with van der Waals surface area (Å²) in [5, 5.41) is 3.37. The first-order valence-electron chi connectivity index (χ1n) is 7.16. The average Bonchev–Trinajstić information content (AvgIpc) is 2.51. The van der Waals surface area contributed by atoms with Crippen molar-refractivity contribution in [3.8, 4) is 11.8 Å². The molecule has 2 aromatic rings. The minimum atomic E-state index is -0.293. The molecule has 0 saturated heterocycles. The minimum absolute atomic E-state index is 0.117. The molecular formula is C16H18ClN3O3. The van der Waals surface area contributed by atoms with Crippen molar-refractivity contribution in [1.29, 1.82) is 0 Å². The van der Waals surface area contributed by atoms with Gasteiger partial charge in [0.1, 0.15) is 5.75 Å². The van der Waals surface area contributed by atoms with Gasteiger partial charge >= 0.3 is 6.01 Å². The second-order valence-electron chi connectivity index (χ2n) is 4.78. The van der Waals surface area contributed by atoms with E-state index in [1.54, 1.807) is 38.1 Å². The molecule has 0 fully saturated rings. The summed E-state index contributed by atoms with van der Waals surface area (Å²) >= 11 is 5.79. The van der Waals surface area contributed by atoms with Crippen molar-refractivity contribution in [2.75, 3.05) is 18.5 Å². The maximum atomic E-state index is 12.0. The molecule has 0 atom stereocenters. The summed E-state index contributed by atoms with van der Waals surface area (Å²) in [6.07, 6.45) is 0. The third-order valence-corrected chi connectivity index (χ3v) is 3.22. The highest BCUT2D eigenvalue weighted by atomic mass is 35.5. The largest absolute Gasteiger partial charge is 0.484 e. The maximum absolute atomic E-state index is 12.0. The molecule has 2 rings (SSSR count). The fourth-order valence-electron chi connectivity index (χ4n) is 1.92. The molecule has 0 aliphatic carbocycles. The number of anilines is 1. The van der Waals surface area contributed by atoms with Crippen LogP contribution in [-0.4, -0.2) is 29.1 Å².